The number of pyridine rings is 1. The van der Waals surface area contributed by atoms with Crippen molar-refractivity contribution in [2.45, 2.75) is 257 Å². The summed E-state index contributed by atoms with van der Waals surface area (Å²) in [6.07, 6.45) is -79.7. The normalized spacial score (nSPS) is 46.4. The molecule has 0 aliphatic carbocycles. The van der Waals surface area contributed by atoms with Crippen molar-refractivity contribution in [1.29, 1.82) is 0 Å². The maximum absolute atomic E-state index is 11.6. The number of aromatic nitrogens is 1. The molecule has 650 valence electrons. The van der Waals surface area contributed by atoms with Crippen LogP contribution in [0.2, 0.25) is 0 Å². The van der Waals surface area contributed by atoms with Crippen LogP contribution in [0.3, 0.4) is 0 Å². The average molecular weight is 1690 g/mol. The third-order valence-corrected chi connectivity index (χ3v) is 21.7. The van der Waals surface area contributed by atoms with Gasteiger partial charge in [-0.1, -0.05) is 30.0 Å². The summed E-state index contributed by atoms with van der Waals surface area (Å²) in [6, 6.07) is 13.4. The molecule has 2 aromatic rings. The first-order valence-corrected chi connectivity index (χ1v) is 37.0. The topological polar surface area (TPSA) is 705 Å². The Kier molecular flexibility index (Phi) is 33.4. The molecule has 114 heavy (non-hydrogen) atoms. The Hall–Kier alpha value is -3.85. The number of ether oxygens (including phenoxy) is 17. The maximum Gasteiger partial charge on any atom is 0.286 e. The molecule has 32 heterocycles. The Labute approximate surface area is 657 Å². The SMILES string of the molecule is CN(CCOc1ccc(CC2SC(=O)NC2=O)cc1)c1ccccn1.Cl.OC[C@H]1O[C@@H]2O[C@H]3[C@H](O)[C@@H](O)[C@@H](O[C@H]4[C@H](O)[C@@H](O)[C@@H](O[C@H]5[C@H](O)[C@@H](O)[C@@H](O[C@H]6[C@H](O)[C@@H](O)[C@@H](O[C@H]7[C@@H](O)[C@H](O)[C@@H](O[C@H]8[C@H](O)[C@@H](O)[C@@H](O[C@H]9[C@@H](O)[C@H](O)[C@@H](O[C@H]1[C@H](O)[C@H]2O)O[C@@H]9CO)O[C@@H]8CO)O[C@@H]7CO)O[C@@H]6CO)O[C@@H]5CO)O[C@@H]4CO)O[C@@H]3CO. The molecule has 0 saturated carbocycles. The Morgan fingerprint density at radius 3 is 0.807 bits per heavy atom. The van der Waals surface area contributed by atoms with Gasteiger partial charge in [0.2, 0.25) is 5.91 Å². The van der Waals surface area contributed by atoms with Gasteiger partial charge in [0, 0.05) is 13.2 Å². The Morgan fingerprint density at radius 1 is 0.360 bits per heavy atom. The van der Waals surface area contributed by atoms with Gasteiger partial charge in [-0.05, 0) is 36.2 Å². The summed E-state index contributed by atoms with van der Waals surface area (Å²) >= 11 is 1.05. The number of carbonyl (C=O) groups is 2. The third-order valence-electron chi connectivity index (χ3n) is 20.7. The summed E-state index contributed by atoms with van der Waals surface area (Å²) in [5.41, 5.74) is 1.00. The molecule has 41 atom stereocenters. The van der Waals surface area contributed by atoms with E-state index in [1.54, 1.807) is 6.20 Å². The molecule has 31 aliphatic heterocycles. The number of halogens is 1. The molecule has 0 radical (unpaired) electrons. The molecule has 0 spiro atoms. The smallest absolute Gasteiger partial charge is 0.286 e. The number of hydrogen-bond acceptors (Lipinski definition) is 46. The molecule has 1 aromatic carbocycles. The second-order valence-electron chi connectivity index (χ2n) is 28.1. The third kappa shape index (κ3) is 20.2. The number of carbonyl (C=O) groups excluding carboxylic acids is 2. The Morgan fingerprint density at radius 2 is 0.605 bits per heavy atom. The number of aliphatic hydroxyl groups excluding tert-OH is 24. The predicted octanol–water partition coefficient (Wildman–Crippen LogP) is -14.5. The van der Waals surface area contributed by atoms with Crippen molar-refractivity contribution in [3.05, 3.63) is 54.2 Å². The van der Waals surface area contributed by atoms with Gasteiger partial charge in [0.25, 0.3) is 5.24 Å². The lowest BCUT2D eigenvalue weighted by atomic mass is 9.94. The first-order valence-electron chi connectivity index (χ1n) is 36.1. The summed E-state index contributed by atoms with van der Waals surface area (Å²) < 4.78 is 96.8. The van der Waals surface area contributed by atoms with Crippen LogP contribution in [-0.4, -0.2) is 463 Å². The minimum atomic E-state index is -2.25. The van der Waals surface area contributed by atoms with Crippen molar-refractivity contribution in [2.75, 3.05) is 78.0 Å². The molecule has 31 fully saturated rings. The number of likely N-dealkylation sites (N-methyl/N-ethyl adjacent to an activating group) is 1. The van der Waals surface area contributed by atoms with Crippen LogP contribution in [0.1, 0.15) is 5.56 Å². The summed E-state index contributed by atoms with van der Waals surface area (Å²) in [4.78, 5) is 29.1. The van der Waals surface area contributed by atoms with Gasteiger partial charge in [-0.15, -0.1) is 12.4 Å². The fourth-order valence-corrected chi connectivity index (χ4v) is 15.2. The van der Waals surface area contributed by atoms with Crippen LogP contribution in [0.4, 0.5) is 10.6 Å². The van der Waals surface area contributed by atoms with Crippen LogP contribution >= 0.6 is 24.2 Å². The van der Waals surface area contributed by atoms with Crippen molar-refractivity contribution in [3.63, 3.8) is 0 Å². The van der Waals surface area contributed by atoms with E-state index in [0.29, 0.717) is 13.0 Å². The van der Waals surface area contributed by atoms with E-state index in [4.69, 9.17) is 80.5 Å². The van der Waals surface area contributed by atoms with Gasteiger partial charge in [0.05, 0.1) is 64.6 Å². The van der Waals surface area contributed by atoms with Crippen LogP contribution in [0, 0.1) is 0 Å². The van der Waals surface area contributed by atoms with Gasteiger partial charge >= 0.3 is 0 Å². The van der Waals surface area contributed by atoms with Crippen molar-refractivity contribution < 1.29 is 213 Å². The van der Waals surface area contributed by atoms with Crippen LogP contribution < -0.4 is 15.0 Å². The number of aliphatic hydroxyl groups is 24. The van der Waals surface area contributed by atoms with Crippen molar-refractivity contribution in [1.82, 2.24) is 10.3 Å². The first-order chi connectivity index (χ1) is 54.0. The average Bonchev–Trinajstić information content (AvgIpc) is 1.04. The number of hydrogen-bond donors (Lipinski definition) is 25. The van der Waals surface area contributed by atoms with Gasteiger partial charge in [0.15, 0.2) is 50.3 Å². The number of nitrogens with one attached hydrogen (secondary N) is 1. The summed E-state index contributed by atoms with van der Waals surface area (Å²) in [6.45, 7) is -7.37. The molecule has 25 N–H and O–H groups in total. The number of benzene rings is 1. The zero-order valence-corrected chi connectivity index (χ0v) is 61.9. The quantitative estimate of drug-likeness (QED) is 0.0787. The van der Waals surface area contributed by atoms with Crippen molar-refractivity contribution in [3.8, 4) is 5.75 Å². The number of anilines is 1. The fraction of sp³-hybridized carbons (Fsp3) is 0.803. The van der Waals surface area contributed by atoms with E-state index < -0.39 is 299 Å². The highest BCUT2D eigenvalue weighted by Gasteiger charge is 2.61. The van der Waals surface area contributed by atoms with Gasteiger partial charge in [-0.25, -0.2) is 4.98 Å². The standard InChI is InChI=1S/C48H80O40.C18H19N3O3S.ClH/c49-1-9-33-17(57)25(65)41(73-9)82-34-10(2-50)75-43(27(67)19(34)59)84-36-12(4-52)77-45(29(69)21(36)61)86-38-14(6-54)79-47(31(71)23(38)63)88-40-16(8-56)80-48(32(72)24(40)64)87-39-15(7-55)78-46(30(70)22(39)62)85-37-13(5-53)76-44(28(68)20(37)60)83-35-11(3-51)74-42(81-33)26(66)18(35)58;1-21(16-4-2-3-9-19-16)10-11-24-14-7-5-13(6-8-14)12-15-17(22)20-18(23)25-15;/h9-72H,1-8H2;2-9,15H,10-12H2,1H3,(H,20,22,23);1H/t9-,10-,11-,12-,13-,14-,15-,16-,17-,18-,19-,20-,21-,22+,23+,24-,25-,26-,27-,28-,29-,30+,31+,32-,33-,34-,35-,36-,37-,38-,39-,40-,41-,42-,43-,44-,45-,46-,47-,48-;;/m1../s1. The lowest BCUT2D eigenvalue weighted by Gasteiger charge is -2.50. The molecule has 46 nitrogen and oxygen atoms in total. The Bertz CT molecular complexity index is 2840. The van der Waals surface area contributed by atoms with E-state index in [-0.39, 0.29) is 28.8 Å². The first kappa shape index (κ1) is 92.4. The number of rotatable bonds is 15. The van der Waals surface area contributed by atoms with Gasteiger partial charge in [0.1, 0.15) is 214 Å². The molecule has 33 rings (SSSR count). The van der Waals surface area contributed by atoms with E-state index in [9.17, 15) is 132 Å². The molecular weight excluding hydrogens is 1590 g/mol. The highest BCUT2D eigenvalue weighted by Crippen LogP contribution is 2.40. The predicted molar refractivity (Wildman–Crippen MR) is 366 cm³/mol. The molecule has 1 aromatic heterocycles. The van der Waals surface area contributed by atoms with Crippen LogP contribution in [0.5, 0.6) is 5.75 Å². The number of nitrogens with zero attached hydrogens (tertiary/aromatic N) is 2. The van der Waals surface area contributed by atoms with Crippen LogP contribution in [-0.2, 0) is 87.0 Å². The molecule has 16 bridgehead atoms. The van der Waals surface area contributed by atoms with E-state index in [0.717, 1.165) is 35.4 Å². The zero-order chi connectivity index (χ0) is 81.7. The minimum Gasteiger partial charge on any atom is -0.492 e. The van der Waals surface area contributed by atoms with Crippen molar-refractivity contribution >= 4 is 41.1 Å². The zero-order valence-electron chi connectivity index (χ0n) is 60.3. The highest BCUT2D eigenvalue weighted by atomic mass is 35.5. The van der Waals surface area contributed by atoms with E-state index in [2.05, 4.69) is 10.3 Å². The highest BCUT2D eigenvalue weighted by molar-refractivity contribution is 8.15. The molecule has 2 amide bonds. The summed E-state index contributed by atoms with van der Waals surface area (Å²) in [5, 5.41) is 267. The largest absolute Gasteiger partial charge is 0.492 e. The molecule has 31 aliphatic rings. The maximum atomic E-state index is 11.6. The molecule has 48 heteroatoms. The summed E-state index contributed by atoms with van der Waals surface area (Å²) in [5.74, 6) is 1.47. The van der Waals surface area contributed by atoms with Crippen LogP contribution in [0.15, 0.2) is 48.7 Å². The van der Waals surface area contributed by atoms with E-state index in [1.807, 2.05) is 54.4 Å². The molecule has 1 unspecified atom stereocenters. The van der Waals surface area contributed by atoms with Gasteiger partial charge in [-0.3, -0.25) is 14.9 Å². The second kappa shape index (κ2) is 41.1. The number of amides is 2. The lowest BCUT2D eigenvalue weighted by molar-refractivity contribution is -0.404. The number of imide groups is 1. The fourth-order valence-electron chi connectivity index (χ4n) is 14.4. The van der Waals surface area contributed by atoms with Crippen molar-refractivity contribution in [2.24, 2.45) is 0 Å². The van der Waals surface area contributed by atoms with Crippen LogP contribution in [0.25, 0.3) is 0 Å². The summed E-state index contributed by atoms with van der Waals surface area (Å²) in [7, 11) is 1.97. The Balaban J connectivity index is 0.000000447. The number of thioether (sulfide) groups is 1. The van der Waals surface area contributed by atoms with E-state index >= 15 is 0 Å². The minimum absolute atomic E-state index is 0. The van der Waals surface area contributed by atoms with Gasteiger partial charge in [-0.2, -0.15) is 0 Å². The molecular formula is C66H100ClN3O43S. The lowest BCUT2D eigenvalue weighted by Crippen LogP contribution is -2.69. The molecule has 31 saturated heterocycles. The van der Waals surface area contributed by atoms with Gasteiger partial charge < -0.3 is 208 Å². The monoisotopic (exact) mass is 1690 g/mol. The second-order valence-corrected chi connectivity index (χ2v) is 29.3. The van der Waals surface area contributed by atoms with E-state index in [1.165, 1.54) is 0 Å².